The van der Waals surface area contributed by atoms with Crippen molar-refractivity contribution in [1.29, 1.82) is 0 Å². The third kappa shape index (κ3) is 8.96. The second-order valence-corrected chi connectivity index (χ2v) is 7.35. The quantitative estimate of drug-likeness (QED) is 0.288. The van der Waals surface area contributed by atoms with Gasteiger partial charge in [-0.15, -0.1) is 18.3 Å². The summed E-state index contributed by atoms with van der Waals surface area (Å²) in [6.45, 7) is 8.93. The van der Waals surface area contributed by atoms with E-state index in [1.54, 1.807) is 6.08 Å². The van der Waals surface area contributed by atoms with Gasteiger partial charge in [-0.25, -0.2) is 0 Å². The van der Waals surface area contributed by atoms with Gasteiger partial charge < -0.3 is 9.47 Å². The van der Waals surface area contributed by atoms with Crippen LogP contribution in [0, 0.1) is 0 Å². The highest BCUT2D eigenvalue weighted by Gasteiger charge is 2.22. The summed E-state index contributed by atoms with van der Waals surface area (Å²) in [5.74, 6) is -0.682. The first kappa shape index (κ1) is 23.0. The summed E-state index contributed by atoms with van der Waals surface area (Å²) in [6.07, 6.45) is 7.29. The van der Waals surface area contributed by atoms with Crippen molar-refractivity contribution >= 4 is 23.7 Å². The number of allylic oxidation sites excluding steroid dienone is 1. The Morgan fingerprint density at radius 2 is 1.85 bits per heavy atom. The standard InChI is InChI=1S/C22H30O4S/c1-16(2)10-6-7-11-19-12-8-9-13-20(19)22(26-18(4)24)21(27-5)14-15-25-17(3)23/h8-9,12-14,22H,1,6-7,10-11,15H2,2-5H3/b21-14-. The Morgan fingerprint density at radius 3 is 2.44 bits per heavy atom. The number of rotatable bonds is 11. The number of hydrogen-bond donors (Lipinski definition) is 0. The Balaban J connectivity index is 3.06. The lowest BCUT2D eigenvalue weighted by atomic mass is 9.96. The van der Waals surface area contributed by atoms with Crippen LogP contribution in [0.2, 0.25) is 0 Å². The van der Waals surface area contributed by atoms with Gasteiger partial charge in [-0.1, -0.05) is 29.8 Å². The maximum atomic E-state index is 11.7. The molecule has 0 aliphatic rings. The number of thioether (sulfide) groups is 1. The fourth-order valence-corrected chi connectivity index (χ4v) is 3.36. The van der Waals surface area contributed by atoms with Gasteiger partial charge in [-0.05, 0) is 50.5 Å². The van der Waals surface area contributed by atoms with E-state index in [-0.39, 0.29) is 18.5 Å². The molecule has 0 aromatic heterocycles. The number of benzene rings is 1. The van der Waals surface area contributed by atoms with Crippen molar-refractivity contribution < 1.29 is 19.1 Å². The van der Waals surface area contributed by atoms with Crippen LogP contribution in [-0.4, -0.2) is 24.8 Å². The van der Waals surface area contributed by atoms with Gasteiger partial charge in [0, 0.05) is 24.3 Å². The summed E-state index contributed by atoms with van der Waals surface area (Å²) in [6, 6.07) is 8.03. The second-order valence-electron chi connectivity index (χ2n) is 6.47. The molecule has 0 aliphatic carbocycles. The van der Waals surface area contributed by atoms with Crippen molar-refractivity contribution in [3.8, 4) is 0 Å². The van der Waals surface area contributed by atoms with Gasteiger partial charge in [0.05, 0.1) is 0 Å². The maximum Gasteiger partial charge on any atom is 0.303 e. The van der Waals surface area contributed by atoms with Crippen molar-refractivity contribution in [2.75, 3.05) is 12.9 Å². The number of aryl methyl sites for hydroxylation is 1. The summed E-state index contributed by atoms with van der Waals surface area (Å²) >= 11 is 1.49. The van der Waals surface area contributed by atoms with E-state index in [1.807, 2.05) is 31.4 Å². The van der Waals surface area contributed by atoms with Crippen LogP contribution < -0.4 is 0 Å². The molecule has 1 aromatic carbocycles. The van der Waals surface area contributed by atoms with Gasteiger partial charge in [0.2, 0.25) is 0 Å². The molecule has 27 heavy (non-hydrogen) atoms. The predicted octanol–water partition coefficient (Wildman–Crippen LogP) is 5.39. The molecule has 1 atom stereocenters. The van der Waals surface area contributed by atoms with E-state index in [4.69, 9.17) is 9.47 Å². The van der Waals surface area contributed by atoms with Gasteiger partial charge in [0.15, 0.2) is 6.10 Å². The molecule has 0 radical (unpaired) electrons. The molecule has 4 nitrogen and oxygen atoms in total. The van der Waals surface area contributed by atoms with Crippen LogP contribution in [0.4, 0.5) is 0 Å². The zero-order chi connectivity index (χ0) is 20.2. The highest BCUT2D eigenvalue weighted by molar-refractivity contribution is 8.02. The SMILES string of the molecule is C=C(C)CCCCc1ccccc1C(OC(C)=O)/C(=C/COC(C)=O)SC. The lowest BCUT2D eigenvalue weighted by molar-refractivity contribution is -0.145. The molecule has 5 heteroatoms. The maximum absolute atomic E-state index is 11.7. The lowest BCUT2D eigenvalue weighted by Gasteiger charge is -2.22. The number of esters is 2. The Hall–Kier alpha value is -2.01. The zero-order valence-corrected chi connectivity index (χ0v) is 17.6. The molecule has 0 bridgehead atoms. The molecule has 1 aromatic rings. The molecular weight excluding hydrogens is 360 g/mol. The van der Waals surface area contributed by atoms with Crippen molar-refractivity contribution in [1.82, 2.24) is 0 Å². The van der Waals surface area contributed by atoms with E-state index in [1.165, 1.54) is 31.2 Å². The third-order valence-corrected chi connectivity index (χ3v) is 4.84. The molecule has 0 saturated heterocycles. The van der Waals surface area contributed by atoms with Crippen LogP contribution in [0.5, 0.6) is 0 Å². The molecule has 1 unspecified atom stereocenters. The summed E-state index contributed by atoms with van der Waals surface area (Å²) < 4.78 is 10.7. The fraction of sp³-hybridized carbons (Fsp3) is 0.455. The minimum Gasteiger partial charge on any atom is -0.462 e. The Labute approximate surface area is 167 Å². The van der Waals surface area contributed by atoms with E-state index >= 15 is 0 Å². The number of ether oxygens (including phenoxy) is 2. The molecule has 0 fully saturated rings. The third-order valence-electron chi connectivity index (χ3n) is 3.99. The Kier molecular flexibility index (Phi) is 10.6. The number of carbonyl (C=O) groups excluding carboxylic acids is 2. The molecule has 0 aliphatic heterocycles. The van der Waals surface area contributed by atoms with Crippen LogP contribution >= 0.6 is 11.8 Å². The van der Waals surface area contributed by atoms with Crippen molar-refractivity contribution in [2.45, 2.75) is 52.6 Å². The monoisotopic (exact) mass is 390 g/mol. The predicted molar refractivity (Wildman–Crippen MR) is 112 cm³/mol. The normalized spacial score (nSPS) is 12.4. The average Bonchev–Trinajstić information content (AvgIpc) is 2.60. The first-order valence-corrected chi connectivity index (χ1v) is 10.3. The van der Waals surface area contributed by atoms with Gasteiger partial charge in [0.1, 0.15) is 6.61 Å². The summed E-state index contributed by atoms with van der Waals surface area (Å²) in [7, 11) is 0. The lowest BCUT2D eigenvalue weighted by Crippen LogP contribution is -2.13. The van der Waals surface area contributed by atoms with Crippen LogP contribution in [-0.2, 0) is 25.5 Å². The number of unbranched alkanes of at least 4 members (excludes halogenated alkanes) is 1. The Morgan fingerprint density at radius 1 is 1.15 bits per heavy atom. The minimum absolute atomic E-state index is 0.157. The van der Waals surface area contributed by atoms with E-state index in [0.29, 0.717) is 0 Å². The zero-order valence-electron chi connectivity index (χ0n) is 16.7. The van der Waals surface area contributed by atoms with Gasteiger partial charge in [0.25, 0.3) is 0 Å². The number of hydrogen-bond acceptors (Lipinski definition) is 5. The smallest absolute Gasteiger partial charge is 0.303 e. The van der Waals surface area contributed by atoms with Crippen molar-refractivity contribution in [3.05, 3.63) is 58.5 Å². The molecule has 148 valence electrons. The van der Waals surface area contributed by atoms with E-state index in [2.05, 4.69) is 12.6 Å². The van der Waals surface area contributed by atoms with E-state index in [0.717, 1.165) is 41.7 Å². The average molecular weight is 391 g/mol. The van der Waals surface area contributed by atoms with Crippen LogP contribution in [0.3, 0.4) is 0 Å². The van der Waals surface area contributed by atoms with Crippen LogP contribution in [0.1, 0.15) is 57.3 Å². The molecule has 0 N–H and O–H groups in total. The largest absolute Gasteiger partial charge is 0.462 e. The fourth-order valence-electron chi connectivity index (χ4n) is 2.74. The van der Waals surface area contributed by atoms with Crippen molar-refractivity contribution in [2.24, 2.45) is 0 Å². The van der Waals surface area contributed by atoms with Gasteiger partial charge in [-0.2, -0.15) is 0 Å². The molecule has 0 heterocycles. The minimum atomic E-state index is -0.495. The van der Waals surface area contributed by atoms with Gasteiger partial charge >= 0.3 is 11.9 Å². The van der Waals surface area contributed by atoms with Crippen molar-refractivity contribution in [3.63, 3.8) is 0 Å². The molecule has 1 rings (SSSR count). The molecular formula is C22H30O4S. The summed E-state index contributed by atoms with van der Waals surface area (Å²) in [5.41, 5.74) is 3.34. The Bertz CT molecular complexity index is 679. The molecule has 0 spiro atoms. The number of carbonyl (C=O) groups is 2. The second kappa shape index (κ2) is 12.4. The van der Waals surface area contributed by atoms with Crippen LogP contribution in [0.15, 0.2) is 47.4 Å². The summed E-state index contributed by atoms with van der Waals surface area (Å²) in [4.78, 5) is 23.6. The summed E-state index contributed by atoms with van der Waals surface area (Å²) in [5, 5.41) is 0. The first-order chi connectivity index (χ1) is 12.8. The van der Waals surface area contributed by atoms with E-state index in [9.17, 15) is 9.59 Å². The molecule has 0 saturated carbocycles. The topological polar surface area (TPSA) is 52.6 Å². The highest BCUT2D eigenvalue weighted by Crippen LogP contribution is 2.35. The molecule has 0 amide bonds. The van der Waals surface area contributed by atoms with E-state index < -0.39 is 6.10 Å². The highest BCUT2D eigenvalue weighted by atomic mass is 32.2. The van der Waals surface area contributed by atoms with Crippen LogP contribution in [0.25, 0.3) is 0 Å². The van der Waals surface area contributed by atoms with Gasteiger partial charge in [-0.3, -0.25) is 9.59 Å². The first-order valence-electron chi connectivity index (χ1n) is 9.12.